The lowest BCUT2D eigenvalue weighted by atomic mass is 10.1. The van der Waals surface area contributed by atoms with Crippen molar-refractivity contribution in [2.24, 2.45) is 10.9 Å². The van der Waals surface area contributed by atoms with Gasteiger partial charge in [0.25, 0.3) is 0 Å². The van der Waals surface area contributed by atoms with Gasteiger partial charge in [-0.25, -0.2) is 0 Å². The van der Waals surface area contributed by atoms with Crippen molar-refractivity contribution >= 4 is 41.7 Å². The summed E-state index contributed by atoms with van der Waals surface area (Å²) < 4.78 is 0. The van der Waals surface area contributed by atoms with Crippen LogP contribution in [0.3, 0.4) is 0 Å². The van der Waals surface area contributed by atoms with Crippen LogP contribution in [0.4, 0.5) is 0 Å². The van der Waals surface area contributed by atoms with Crippen molar-refractivity contribution < 1.29 is 0 Å². The van der Waals surface area contributed by atoms with E-state index < -0.39 is 0 Å². The Labute approximate surface area is 162 Å². The van der Waals surface area contributed by atoms with E-state index in [1.54, 1.807) is 0 Å². The smallest absolute Gasteiger partial charge is 0.191 e. The van der Waals surface area contributed by atoms with E-state index in [4.69, 9.17) is 0 Å². The molecule has 0 bridgehead atoms. The molecule has 134 valence electrons. The molecular formula is C16H32IN5S. The maximum absolute atomic E-state index is 4.41. The first kappa shape index (κ1) is 19.6. The average molecular weight is 453 g/mol. The number of aliphatic imine (C=N–C) groups is 1. The molecule has 3 aliphatic rings. The quantitative estimate of drug-likeness (QED) is 0.373. The Balaban J connectivity index is 0.00000192. The summed E-state index contributed by atoms with van der Waals surface area (Å²) in [5.41, 5.74) is 0. The molecule has 1 aliphatic carbocycles. The highest BCUT2D eigenvalue weighted by atomic mass is 127. The molecule has 23 heavy (non-hydrogen) atoms. The van der Waals surface area contributed by atoms with E-state index in [0.29, 0.717) is 12.0 Å². The zero-order valence-electron chi connectivity index (χ0n) is 14.5. The second-order valence-electron chi connectivity index (χ2n) is 6.87. The number of nitrogens with one attached hydrogen (secondary N) is 2. The highest BCUT2D eigenvalue weighted by Crippen LogP contribution is 2.31. The minimum Gasteiger partial charge on any atom is -0.355 e. The normalized spacial score (nSPS) is 30.1. The molecule has 2 heterocycles. The lowest BCUT2D eigenvalue weighted by Crippen LogP contribution is -2.48. The van der Waals surface area contributed by atoms with E-state index in [1.807, 2.05) is 7.05 Å². The van der Waals surface area contributed by atoms with Crippen LogP contribution < -0.4 is 10.6 Å². The molecule has 2 saturated heterocycles. The predicted octanol–water partition coefficient (Wildman–Crippen LogP) is 1.30. The van der Waals surface area contributed by atoms with E-state index in [1.165, 1.54) is 50.5 Å². The maximum Gasteiger partial charge on any atom is 0.191 e. The third kappa shape index (κ3) is 5.93. The number of guanidine groups is 1. The molecule has 2 aliphatic heterocycles. The molecule has 0 aromatic carbocycles. The Hall–Kier alpha value is 0.270. The second kappa shape index (κ2) is 9.68. The topological polar surface area (TPSA) is 42.9 Å². The molecule has 0 aromatic heterocycles. The first-order chi connectivity index (χ1) is 10.8. The SMILES string of the molecule is CN=C(NCCN1CCSCC1)NC1CN(C2CC2)CC1C.I. The molecule has 3 fully saturated rings. The summed E-state index contributed by atoms with van der Waals surface area (Å²) in [7, 11) is 1.88. The van der Waals surface area contributed by atoms with Crippen LogP contribution in [0.2, 0.25) is 0 Å². The first-order valence-corrected chi connectivity index (χ1v) is 9.93. The summed E-state index contributed by atoms with van der Waals surface area (Å²) >= 11 is 2.07. The largest absolute Gasteiger partial charge is 0.355 e. The fourth-order valence-electron chi connectivity index (χ4n) is 3.46. The monoisotopic (exact) mass is 453 g/mol. The molecule has 5 nitrogen and oxygen atoms in total. The summed E-state index contributed by atoms with van der Waals surface area (Å²) in [5.74, 6) is 4.24. The molecular weight excluding hydrogens is 421 g/mol. The van der Waals surface area contributed by atoms with Crippen molar-refractivity contribution in [1.29, 1.82) is 0 Å². The molecule has 3 rings (SSSR count). The Morgan fingerprint density at radius 1 is 1.22 bits per heavy atom. The van der Waals surface area contributed by atoms with E-state index >= 15 is 0 Å². The summed E-state index contributed by atoms with van der Waals surface area (Å²) in [6, 6.07) is 1.42. The van der Waals surface area contributed by atoms with Crippen molar-refractivity contribution in [3.05, 3.63) is 0 Å². The minimum atomic E-state index is 0. The molecule has 2 N–H and O–H groups in total. The van der Waals surface area contributed by atoms with Crippen LogP contribution in [0, 0.1) is 5.92 Å². The third-order valence-corrected chi connectivity index (χ3v) is 6.02. The molecule has 0 aromatic rings. The summed E-state index contributed by atoms with van der Waals surface area (Å²) in [6.07, 6.45) is 2.81. The number of hydrogen-bond donors (Lipinski definition) is 2. The van der Waals surface area contributed by atoms with E-state index in [9.17, 15) is 0 Å². The fraction of sp³-hybridized carbons (Fsp3) is 0.938. The van der Waals surface area contributed by atoms with Crippen molar-refractivity contribution in [3.8, 4) is 0 Å². The molecule has 2 unspecified atom stereocenters. The van der Waals surface area contributed by atoms with Gasteiger partial charge in [0.05, 0.1) is 0 Å². The molecule has 2 atom stereocenters. The zero-order valence-corrected chi connectivity index (χ0v) is 17.6. The van der Waals surface area contributed by atoms with Gasteiger partial charge in [-0.3, -0.25) is 14.8 Å². The Kier molecular flexibility index (Phi) is 8.24. The maximum atomic E-state index is 4.41. The number of thioether (sulfide) groups is 1. The Bertz CT molecular complexity index is 385. The van der Waals surface area contributed by atoms with Gasteiger partial charge >= 0.3 is 0 Å². The fourth-order valence-corrected chi connectivity index (χ4v) is 4.44. The van der Waals surface area contributed by atoms with Crippen LogP contribution in [0.5, 0.6) is 0 Å². The van der Waals surface area contributed by atoms with E-state index in [-0.39, 0.29) is 24.0 Å². The van der Waals surface area contributed by atoms with Crippen LogP contribution in [0.15, 0.2) is 4.99 Å². The van der Waals surface area contributed by atoms with Crippen molar-refractivity contribution in [2.75, 3.05) is 57.8 Å². The van der Waals surface area contributed by atoms with Gasteiger partial charge < -0.3 is 10.6 Å². The van der Waals surface area contributed by atoms with Crippen LogP contribution in [-0.4, -0.2) is 85.7 Å². The Morgan fingerprint density at radius 3 is 2.61 bits per heavy atom. The summed E-state index contributed by atoms with van der Waals surface area (Å²) in [6.45, 7) is 9.34. The number of likely N-dealkylation sites (tertiary alicyclic amines) is 1. The van der Waals surface area contributed by atoms with Crippen LogP contribution in [0.1, 0.15) is 19.8 Å². The Morgan fingerprint density at radius 2 is 1.96 bits per heavy atom. The van der Waals surface area contributed by atoms with Gasteiger partial charge in [-0.2, -0.15) is 11.8 Å². The van der Waals surface area contributed by atoms with Crippen LogP contribution >= 0.6 is 35.7 Å². The van der Waals surface area contributed by atoms with Gasteiger partial charge in [-0.1, -0.05) is 6.92 Å². The van der Waals surface area contributed by atoms with Gasteiger partial charge in [0.15, 0.2) is 5.96 Å². The average Bonchev–Trinajstić information content (AvgIpc) is 3.32. The van der Waals surface area contributed by atoms with Crippen molar-refractivity contribution in [3.63, 3.8) is 0 Å². The first-order valence-electron chi connectivity index (χ1n) is 8.77. The number of hydrogen-bond acceptors (Lipinski definition) is 4. The van der Waals surface area contributed by atoms with Gasteiger partial charge in [0.1, 0.15) is 0 Å². The molecule has 0 radical (unpaired) electrons. The highest BCUT2D eigenvalue weighted by molar-refractivity contribution is 14.0. The summed E-state index contributed by atoms with van der Waals surface area (Å²) in [4.78, 5) is 9.61. The number of halogens is 1. The van der Waals surface area contributed by atoms with Crippen LogP contribution in [0.25, 0.3) is 0 Å². The van der Waals surface area contributed by atoms with E-state index in [2.05, 4.69) is 44.1 Å². The number of rotatable bonds is 5. The standard InChI is InChI=1S/C16H31N5S.HI/c1-13-11-21(14-3-4-14)12-15(13)19-16(17-2)18-5-6-20-7-9-22-10-8-20;/h13-15H,3-12H2,1-2H3,(H2,17,18,19);1H. The third-order valence-electron chi connectivity index (χ3n) is 5.07. The number of nitrogens with zero attached hydrogens (tertiary/aromatic N) is 3. The van der Waals surface area contributed by atoms with Gasteiger partial charge in [0, 0.05) is 69.9 Å². The van der Waals surface area contributed by atoms with E-state index in [0.717, 1.165) is 25.1 Å². The van der Waals surface area contributed by atoms with Gasteiger partial charge in [-0.05, 0) is 18.8 Å². The molecule has 0 amide bonds. The minimum absolute atomic E-state index is 0. The van der Waals surface area contributed by atoms with Crippen LogP contribution in [-0.2, 0) is 0 Å². The highest BCUT2D eigenvalue weighted by Gasteiger charge is 2.38. The molecule has 1 saturated carbocycles. The van der Waals surface area contributed by atoms with Crippen molar-refractivity contribution in [1.82, 2.24) is 20.4 Å². The lowest BCUT2D eigenvalue weighted by Gasteiger charge is -2.27. The van der Waals surface area contributed by atoms with Crippen molar-refractivity contribution in [2.45, 2.75) is 31.8 Å². The zero-order chi connectivity index (χ0) is 15.4. The molecule has 0 spiro atoms. The lowest BCUT2D eigenvalue weighted by molar-refractivity contribution is 0.306. The van der Waals surface area contributed by atoms with Gasteiger partial charge in [0.2, 0.25) is 0 Å². The molecule has 7 heteroatoms. The summed E-state index contributed by atoms with van der Waals surface area (Å²) in [5, 5.41) is 7.14. The predicted molar refractivity (Wildman–Crippen MR) is 111 cm³/mol. The van der Waals surface area contributed by atoms with Gasteiger partial charge in [-0.15, -0.1) is 24.0 Å². The second-order valence-corrected chi connectivity index (χ2v) is 8.09.